The van der Waals surface area contributed by atoms with E-state index in [9.17, 15) is 15.2 Å². The summed E-state index contributed by atoms with van der Waals surface area (Å²) in [5.74, 6) is 0.220. The van der Waals surface area contributed by atoms with Crippen LogP contribution in [0.25, 0.3) is 0 Å². The van der Waals surface area contributed by atoms with Gasteiger partial charge in [-0.3, -0.25) is 10.1 Å². The fourth-order valence-electron chi connectivity index (χ4n) is 1.81. The second kappa shape index (κ2) is 6.49. The zero-order valence-corrected chi connectivity index (χ0v) is 12.1. The molecule has 2 aromatic rings. The summed E-state index contributed by atoms with van der Waals surface area (Å²) in [4.78, 5) is 10.6. The highest BCUT2D eigenvalue weighted by Crippen LogP contribution is 2.23. The molecule has 0 spiro atoms. The Balaban J connectivity index is 2.00. The molecule has 0 aromatic heterocycles. The van der Waals surface area contributed by atoms with Gasteiger partial charge in [0.25, 0.3) is 5.69 Å². The second-order valence-electron chi connectivity index (χ2n) is 4.30. The molecule has 2 aromatic carbocycles. The highest BCUT2D eigenvalue weighted by molar-refractivity contribution is 9.10. The molecule has 0 aliphatic carbocycles. The number of nitrogens with one attached hydrogen (secondary N) is 1. The SMILES string of the molecule is O=[N+]([O-])c1cc(Br)ccc1CNCc1ccc(O)cc1. The number of nitrogens with zero attached hydrogens (tertiary/aromatic N) is 1. The molecule has 0 saturated heterocycles. The number of phenolic OH excluding ortho intramolecular Hbond substituents is 1. The van der Waals surface area contributed by atoms with E-state index in [-0.39, 0.29) is 16.4 Å². The van der Waals surface area contributed by atoms with Gasteiger partial charge in [0, 0.05) is 29.2 Å². The first kappa shape index (κ1) is 14.5. The predicted octanol–water partition coefficient (Wildman–Crippen LogP) is 3.35. The first-order valence-corrected chi connectivity index (χ1v) is 6.77. The number of halogens is 1. The molecule has 0 aliphatic heterocycles. The van der Waals surface area contributed by atoms with Gasteiger partial charge in [-0.15, -0.1) is 0 Å². The first-order valence-electron chi connectivity index (χ1n) is 5.97. The van der Waals surface area contributed by atoms with Gasteiger partial charge in [-0.05, 0) is 29.8 Å². The molecule has 5 nitrogen and oxygen atoms in total. The molecule has 0 unspecified atom stereocenters. The fraction of sp³-hybridized carbons (Fsp3) is 0.143. The van der Waals surface area contributed by atoms with Crippen LogP contribution in [0.4, 0.5) is 5.69 Å². The summed E-state index contributed by atoms with van der Waals surface area (Å²) in [6, 6.07) is 11.8. The standard InChI is InChI=1S/C14H13BrN2O3/c15-12-4-3-11(14(7-12)17(19)20)9-16-8-10-1-5-13(18)6-2-10/h1-7,16,18H,8-9H2. The van der Waals surface area contributed by atoms with Gasteiger partial charge in [0.2, 0.25) is 0 Å². The average Bonchev–Trinajstić information content (AvgIpc) is 2.42. The van der Waals surface area contributed by atoms with Crippen LogP contribution in [0.2, 0.25) is 0 Å². The van der Waals surface area contributed by atoms with Crippen LogP contribution in [-0.2, 0) is 13.1 Å². The quantitative estimate of drug-likeness (QED) is 0.648. The summed E-state index contributed by atoms with van der Waals surface area (Å²) in [5, 5.41) is 23.3. The minimum absolute atomic E-state index is 0.0950. The Morgan fingerprint density at radius 1 is 1.15 bits per heavy atom. The number of nitro benzene ring substituents is 1. The van der Waals surface area contributed by atoms with E-state index < -0.39 is 0 Å². The molecule has 2 rings (SSSR count). The van der Waals surface area contributed by atoms with Gasteiger partial charge in [-0.25, -0.2) is 0 Å². The molecule has 0 atom stereocenters. The minimum atomic E-state index is -0.387. The topological polar surface area (TPSA) is 75.4 Å². The van der Waals surface area contributed by atoms with Crippen LogP contribution in [0.5, 0.6) is 5.75 Å². The summed E-state index contributed by atoms with van der Waals surface area (Å²) < 4.78 is 0.687. The van der Waals surface area contributed by atoms with E-state index in [0.717, 1.165) is 5.56 Å². The number of benzene rings is 2. The van der Waals surface area contributed by atoms with Gasteiger partial charge in [-0.2, -0.15) is 0 Å². The number of aromatic hydroxyl groups is 1. The van der Waals surface area contributed by atoms with Gasteiger partial charge < -0.3 is 10.4 Å². The van der Waals surface area contributed by atoms with Crippen molar-refractivity contribution in [1.29, 1.82) is 0 Å². The molecular formula is C14H13BrN2O3. The van der Waals surface area contributed by atoms with E-state index >= 15 is 0 Å². The second-order valence-corrected chi connectivity index (χ2v) is 5.22. The Morgan fingerprint density at radius 3 is 2.50 bits per heavy atom. The third-order valence-corrected chi connectivity index (χ3v) is 3.32. The number of hydrogen-bond donors (Lipinski definition) is 2. The van der Waals surface area contributed by atoms with Gasteiger partial charge in [0.05, 0.1) is 4.92 Å². The summed E-state index contributed by atoms with van der Waals surface area (Å²) in [6.07, 6.45) is 0. The molecule has 0 amide bonds. The van der Waals surface area contributed by atoms with Crippen LogP contribution >= 0.6 is 15.9 Å². The van der Waals surface area contributed by atoms with Crippen molar-refractivity contribution in [3.8, 4) is 5.75 Å². The Labute approximate surface area is 124 Å². The highest BCUT2D eigenvalue weighted by Gasteiger charge is 2.13. The summed E-state index contributed by atoms with van der Waals surface area (Å²) in [5.41, 5.74) is 1.73. The predicted molar refractivity (Wildman–Crippen MR) is 79.4 cm³/mol. The van der Waals surface area contributed by atoms with Crippen molar-refractivity contribution >= 4 is 21.6 Å². The zero-order valence-electron chi connectivity index (χ0n) is 10.5. The van der Waals surface area contributed by atoms with E-state index in [0.29, 0.717) is 23.1 Å². The van der Waals surface area contributed by atoms with E-state index in [1.807, 2.05) is 0 Å². The number of hydrogen-bond acceptors (Lipinski definition) is 4. The number of phenols is 1. The van der Waals surface area contributed by atoms with Crippen LogP contribution in [-0.4, -0.2) is 10.0 Å². The van der Waals surface area contributed by atoms with E-state index in [4.69, 9.17) is 0 Å². The third kappa shape index (κ3) is 3.79. The van der Waals surface area contributed by atoms with Crippen molar-refractivity contribution in [3.05, 3.63) is 68.2 Å². The molecule has 0 radical (unpaired) electrons. The summed E-state index contributed by atoms with van der Waals surface area (Å²) in [7, 11) is 0. The molecule has 0 saturated carbocycles. The maximum Gasteiger partial charge on any atom is 0.275 e. The molecular weight excluding hydrogens is 324 g/mol. The van der Waals surface area contributed by atoms with Gasteiger partial charge >= 0.3 is 0 Å². The van der Waals surface area contributed by atoms with Crippen molar-refractivity contribution in [2.45, 2.75) is 13.1 Å². The lowest BCUT2D eigenvalue weighted by Gasteiger charge is -2.06. The molecule has 20 heavy (non-hydrogen) atoms. The Kier molecular flexibility index (Phi) is 4.70. The highest BCUT2D eigenvalue weighted by atomic mass is 79.9. The minimum Gasteiger partial charge on any atom is -0.508 e. The van der Waals surface area contributed by atoms with Crippen molar-refractivity contribution in [1.82, 2.24) is 5.32 Å². The number of rotatable bonds is 5. The smallest absolute Gasteiger partial charge is 0.275 e. The largest absolute Gasteiger partial charge is 0.508 e. The average molecular weight is 337 g/mol. The Morgan fingerprint density at radius 2 is 1.85 bits per heavy atom. The number of nitro groups is 1. The Hall–Kier alpha value is -1.92. The fourth-order valence-corrected chi connectivity index (χ4v) is 2.16. The summed E-state index contributed by atoms with van der Waals surface area (Å²) in [6.45, 7) is 0.984. The van der Waals surface area contributed by atoms with Crippen LogP contribution < -0.4 is 5.32 Å². The molecule has 0 fully saturated rings. The van der Waals surface area contributed by atoms with E-state index in [2.05, 4.69) is 21.2 Å². The van der Waals surface area contributed by atoms with Gasteiger partial charge in [0.15, 0.2) is 0 Å². The van der Waals surface area contributed by atoms with Gasteiger partial charge in [0.1, 0.15) is 5.75 Å². The Bertz CT molecular complexity index is 614. The molecule has 0 aliphatic rings. The lowest BCUT2D eigenvalue weighted by atomic mass is 10.1. The molecule has 2 N–H and O–H groups in total. The normalized spacial score (nSPS) is 10.4. The van der Waals surface area contributed by atoms with Crippen LogP contribution in [0.1, 0.15) is 11.1 Å². The maximum atomic E-state index is 11.0. The molecule has 6 heteroatoms. The van der Waals surface area contributed by atoms with Crippen molar-refractivity contribution in [3.63, 3.8) is 0 Å². The third-order valence-electron chi connectivity index (χ3n) is 2.82. The summed E-state index contributed by atoms with van der Waals surface area (Å²) >= 11 is 3.23. The van der Waals surface area contributed by atoms with Crippen molar-refractivity contribution < 1.29 is 10.0 Å². The van der Waals surface area contributed by atoms with Crippen molar-refractivity contribution in [2.75, 3.05) is 0 Å². The van der Waals surface area contributed by atoms with E-state index in [1.165, 1.54) is 6.07 Å². The first-order chi connectivity index (χ1) is 9.56. The van der Waals surface area contributed by atoms with Gasteiger partial charge in [-0.1, -0.05) is 28.1 Å². The molecule has 0 heterocycles. The van der Waals surface area contributed by atoms with E-state index in [1.54, 1.807) is 36.4 Å². The lowest BCUT2D eigenvalue weighted by Crippen LogP contribution is -2.13. The van der Waals surface area contributed by atoms with Crippen LogP contribution in [0.15, 0.2) is 46.9 Å². The van der Waals surface area contributed by atoms with Crippen LogP contribution in [0.3, 0.4) is 0 Å². The van der Waals surface area contributed by atoms with Crippen LogP contribution in [0, 0.1) is 10.1 Å². The maximum absolute atomic E-state index is 11.0. The molecule has 0 bridgehead atoms. The lowest BCUT2D eigenvalue weighted by molar-refractivity contribution is -0.385. The zero-order chi connectivity index (χ0) is 14.5. The molecule has 104 valence electrons. The monoisotopic (exact) mass is 336 g/mol. The van der Waals surface area contributed by atoms with Crippen molar-refractivity contribution in [2.24, 2.45) is 0 Å².